The minimum Gasteiger partial charge on any atom is -0.497 e. The monoisotopic (exact) mass is 486 g/mol. The van der Waals surface area contributed by atoms with Gasteiger partial charge in [-0.1, -0.05) is 12.1 Å². The van der Waals surface area contributed by atoms with Crippen LogP contribution in [0.25, 0.3) is 21.9 Å². The number of nitrogens with one attached hydrogen (secondary N) is 3. The number of ether oxygens (including phenoxy) is 2. The summed E-state index contributed by atoms with van der Waals surface area (Å²) in [5.41, 5.74) is 3.69. The highest BCUT2D eigenvalue weighted by Gasteiger charge is 2.13. The lowest BCUT2D eigenvalue weighted by atomic mass is 10.1. The lowest BCUT2D eigenvalue weighted by Gasteiger charge is -2.09. The molecule has 0 atom stereocenters. The number of anilines is 1. The minimum atomic E-state index is -0.230. The van der Waals surface area contributed by atoms with E-state index in [9.17, 15) is 9.59 Å². The zero-order valence-electron chi connectivity index (χ0n) is 19.0. The number of carbonyl (C=O) groups excluding carboxylic acids is 1. The number of H-pyrrole nitrogens is 2. The number of aromatic amines is 2. The number of aromatic nitrogens is 3. The van der Waals surface area contributed by atoms with Crippen LogP contribution < -0.4 is 20.3 Å². The van der Waals surface area contributed by atoms with Crippen LogP contribution in [-0.4, -0.2) is 34.7 Å². The molecule has 9 heteroatoms. The summed E-state index contributed by atoms with van der Waals surface area (Å²) in [5, 5.41) is 3.69. The van der Waals surface area contributed by atoms with Gasteiger partial charge in [0.25, 0.3) is 11.5 Å². The lowest BCUT2D eigenvalue weighted by molar-refractivity contribution is 0.102. The summed E-state index contributed by atoms with van der Waals surface area (Å²) in [5.74, 6) is 1.18. The Morgan fingerprint density at radius 2 is 1.60 bits per heavy atom. The van der Waals surface area contributed by atoms with Crippen LogP contribution in [-0.2, 0) is 6.54 Å². The quantitative estimate of drug-likeness (QED) is 0.298. The fraction of sp³-hybridized carbons (Fsp3) is 0.115. The summed E-state index contributed by atoms with van der Waals surface area (Å²) >= 11 is 5.50. The Hall–Kier alpha value is -4.37. The maximum atomic E-state index is 13.2. The van der Waals surface area contributed by atoms with Gasteiger partial charge < -0.3 is 24.8 Å². The normalized spacial score (nSPS) is 11.0. The van der Waals surface area contributed by atoms with Gasteiger partial charge in [-0.05, 0) is 72.4 Å². The highest BCUT2D eigenvalue weighted by molar-refractivity contribution is 7.71. The Labute approximate surface area is 205 Å². The minimum absolute atomic E-state index is 0.222. The van der Waals surface area contributed by atoms with Crippen LogP contribution in [0.5, 0.6) is 11.5 Å². The fourth-order valence-corrected chi connectivity index (χ4v) is 4.20. The van der Waals surface area contributed by atoms with E-state index in [0.717, 1.165) is 16.5 Å². The molecule has 0 aliphatic heterocycles. The molecule has 1 amide bonds. The van der Waals surface area contributed by atoms with Crippen LogP contribution >= 0.6 is 12.2 Å². The molecule has 5 rings (SSSR count). The summed E-state index contributed by atoms with van der Waals surface area (Å²) in [7, 11) is 3.19. The first-order valence-corrected chi connectivity index (χ1v) is 11.2. The molecular formula is C26H22N4O4S. The Balaban J connectivity index is 1.39. The third-order valence-electron chi connectivity index (χ3n) is 5.85. The molecule has 3 N–H and O–H groups in total. The maximum Gasteiger partial charge on any atom is 0.278 e. The molecule has 0 bridgehead atoms. The molecule has 176 valence electrons. The highest BCUT2D eigenvalue weighted by Crippen LogP contribution is 2.26. The van der Waals surface area contributed by atoms with Crippen LogP contribution in [0.1, 0.15) is 15.9 Å². The van der Waals surface area contributed by atoms with Crippen molar-refractivity contribution in [2.24, 2.45) is 0 Å². The SMILES string of the molecule is COc1ccc(NC(=O)c2ccc(Cn3c(=S)[nH]c4c([nH]c5ccc(OC)cc54)c3=O)cc2)cc1. The van der Waals surface area contributed by atoms with E-state index in [1.54, 1.807) is 50.6 Å². The molecule has 2 heterocycles. The molecule has 0 saturated heterocycles. The largest absolute Gasteiger partial charge is 0.497 e. The Bertz CT molecular complexity index is 1670. The van der Waals surface area contributed by atoms with E-state index in [2.05, 4.69) is 15.3 Å². The van der Waals surface area contributed by atoms with Gasteiger partial charge in [-0.2, -0.15) is 0 Å². The van der Waals surface area contributed by atoms with Gasteiger partial charge >= 0.3 is 0 Å². The van der Waals surface area contributed by atoms with E-state index in [1.807, 2.05) is 30.3 Å². The standard InChI is InChI=1S/C26H22N4O4S/c1-33-18-9-7-17(8-10-18)27-24(31)16-5-3-15(4-6-16)14-30-25(32)23-22(29-26(30)35)20-13-19(34-2)11-12-21(20)28-23/h3-13,28H,14H2,1-2H3,(H,27,31)(H,29,35). The number of hydrogen-bond acceptors (Lipinski definition) is 5. The summed E-state index contributed by atoms with van der Waals surface area (Å²) < 4.78 is 12.2. The molecule has 3 aromatic carbocycles. The zero-order chi connectivity index (χ0) is 24.5. The van der Waals surface area contributed by atoms with Crippen LogP contribution in [0.4, 0.5) is 5.69 Å². The van der Waals surface area contributed by atoms with Crippen molar-refractivity contribution in [3.63, 3.8) is 0 Å². The molecule has 0 radical (unpaired) electrons. The van der Waals surface area contributed by atoms with E-state index >= 15 is 0 Å². The van der Waals surface area contributed by atoms with Crippen LogP contribution in [0.2, 0.25) is 0 Å². The maximum absolute atomic E-state index is 13.2. The average Bonchev–Trinajstić information content (AvgIpc) is 3.25. The summed E-state index contributed by atoms with van der Waals surface area (Å²) in [4.78, 5) is 32.2. The molecule has 0 aliphatic rings. The fourth-order valence-electron chi connectivity index (χ4n) is 3.96. The van der Waals surface area contributed by atoms with Crippen molar-refractivity contribution >= 4 is 45.7 Å². The van der Waals surface area contributed by atoms with Crippen LogP contribution in [0.3, 0.4) is 0 Å². The van der Waals surface area contributed by atoms with Crippen molar-refractivity contribution in [3.05, 3.63) is 93.0 Å². The third-order valence-corrected chi connectivity index (χ3v) is 6.17. The topological polar surface area (TPSA) is 101 Å². The van der Waals surface area contributed by atoms with Gasteiger partial charge in [-0.15, -0.1) is 0 Å². The highest BCUT2D eigenvalue weighted by atomic mass is 32.1. The summed E-state index contributed by atoms with van der Waals surface area (Å²) in [6.07, 6.45) is 0. The first-order chi connectivity index (χ1) is 17.0. The first kappa shape index (κ1) is 22.4. The predicted octanol–water partition coefficient (Wildman–Crippen LogP) is 4.86. The number of rotatable bonds is 6. The molecule has 0 saturated carbocycles. The molecule has 0 unspecified atom stereocenters. The Kier molecular flexibility index (Phi) is 5.84. The summed E-state index contributed by atoms with van der Waals surface area (Å²) in [6, 6.07) is 19.7. The number of carbonyl (C=O) groups is 1. The van der Waals surface area contributed by atoms with Crippen molar-refractivity contribution in [1.29, 1.82) is 0 Å². The number of benzene rings is 3. The van der Waals surface area contributed by atoms with Gasteiger partial charge in [0.15, 0.2) is 4.77 Å². The number of methoxy groups -OCH3 is 2. The van der Waals surface area contributed by atoms with Crippen molar-refractivity contribution in [2.45, 2.75) is 6.54 Å². The first-order valence-electron chi connectivity index (χ1n) is 10.8. The van der Waals surface area contributed by atoms with E-state index in [0.29, 0.717) is 38.6 Å². The van der Waals surface area contributed by atoms with Crippen LogP contribution in [0, 0.1) is 4.77 Å². The van der Waals surface area contributed by atoms with Crippen molar-refractivity contribution in [2.75, 3.05) is 19.5 Å². The molecule has 2 aromatic heterocycles. The Morgan fingerprint density at radius 3 is 2.29 bits per heavy atom. The van der Waals surface area contributed by atoms with Gasteiger partial charge in [0.2, 0.25) is 0 Å². The average molecular weight is 487 g/mol. The predicted molar refractivity (Wildman–Crippen MR) is 138 cm³/mol. The van der Waals surface area contributed by atoms with E-state index in [1.165, 1.54) is 4.57 Å². The molecular weight excluding hydrogens is 464 g/mol. The zero-order valence-corrected chi connectivity index (χ0v) is 19.9. The molecule has 0 spiro atoms. The molecule has 8 nitrogen and oxygen atoms in total. The van der Waals surface area contributed by atoms with Gasteiger partial charge in [0.05, 0.1) is 26.3 Å². The molecule has 0 fully saturated rings. The summed E-state index contributed by atoms with van der Waals surface area (Å²) in [6.45, 7) is 0.267. The molecule has 0 aliphatic carbocycles. The number of fused-ring (bicyclic) bond motifs is 3. The van der Waals surface area contributed by atoms with Crippen molar-refractivity contribution < 1.29 is 14.3 Å². The van der Waals surface area contributed by atoms with Gasteiger partial charge in [-0.25, -0.2) is 0 Å². The second-order valence-electron chi connectivity index (χ2n) is 7.99. The van der Waals surface area contributed by atoms with Gasteiger partial charge in [0, 0.05) is 22.2 Å². The second-order valence-corrected chi connectivity index (χ2v) is 8.37. The Morgan fingerprint density at radius 1 is 0.914 bits per heavy atom. The molecule has 35 heavy (non-hydrogen) atoms. The lowest BCUT2D eigenvalue weighted by Crippen LogP contribution is -2.22. The van der Waals surface area contributed by atoms with E-state index < -0.39 is 0 Å². The van der Waals surface area contributed by atoms with Gasteiger partial charge in [0.1, 0.15) is 17.0 Å². The van der Waals surface area contributed by atoms with Crippen LogP contribution in [0.15, 0.2) is 71.5 Å². The van der Waals surface area contributed by atoms with Gasteiger partial charge in [-0.3, -0.25) is 14.2 Å². The third kappa shape index (κ3) is 4.29. The second kappa shape index (κ2) is 9.11. The van der Waals surface area contributed by atoms with E-state index in [4.69, 9.17) is 21.7 Å². The smallest absolute Gasteiger partial charge is 0.278 e. The van der Waals surface area contributed by atoms with Crippen molar-refractivity contribution in [1.82, 2.24) is 14.5 Å². The molecule has 5 aromatic rings. The number of nitrogens with zero attached hydrogens (tertiary/aromatic N) is 1. The van der Waals surface area contributed by atoms with E-state index in [-0.39, 0.29) is 18.0 Å². The number of hydrogen-bond donors (Lipinski definition) is 3. The number of amides is 1. The van der Waals surface area contributed by atoms with Crippen molar-refractivity contribution in [3.8, 4) is 11.5 Å².